The molecule has 0 spiro atoms. The first-order valence-electron chi connectivity index (χ1n) is 6.19. The van der Waals surface area contributed by atoms with E-state index in [1.165, 1.54) is 11.9 Å². The number of carbonyl (C=O) groups excluding carboxylic acids is 1. The monoisotopic (exact) mass is 305 g/mol. The molecule has 1 heterocycles. The van der Waals surface area contributed by atoms with E-state index in [1.54, 1.807) is 16.4 Å². The lowest BCUT2D eigenvalue weighted by Gasteiger charge is -2.11. The molecule has 3 rings (SSSR count). The molecule has 1 unspecified atom stereocenters. The maximum absolute atomic E-state index is 11.9. The predicted octanol–water partition coefficient (Wildman–Crippen LogP) is 4.54. The molecule has 2 aromatic rings. The number of carbonyl (C=O) groups is 1. The fourth-order valence-electron chi connectivity index (χ4n) is 1.98. The number of amides is 1. The van der Waals surface area contributed by atoms with Crippen LogP contribution in [-0.2, 0) is 4.74 Å². The Balaban J connectivity index is 1.70. The number of ether oxygens (including phenoxy) is 1. The summed E-state index contributed by atoms with van der Waals surface area (Å²) in [5.41, 5.74) is 1.01. The third kappa shape index (κ3) is 2.92. The second kappa shape index (κ2) is 5.77. The smallest absolute Gasteiger partial charge is 0.420 e. The molecule has 0 aliphatic carbocycles. The van der Waals surface area contributed by atoms with Crippen molar-refractivity contribution in [1.29, 1.82) is 0 Å². The second-order valence-corrected chi connectivity index (χ2v) is 5.92. The largest absolute Gasteiger partial charge is 0.439 e. The van der Waals surface area contributed by atoms with Crippen molar-refractivity contribution < 1.29 is 9.53 Å². The topological polar surface area (TPSA) is 29.5 Å². The van der Waals surface area contributed by atoms with Crippen molar-refractivity contribution in [2.24, 2.45) is 0 Å². The van der Waals surface area contributed by atoms with E-state index in [0.717, 1.165) is 10.5 Å². The average Bonchev–Trinajstić information content (AvgIpc) is 2.84. The molecule has 1 amide bonds. The molecule has 1 saturated heterocycles. The van der Waals surface area contributed by atoms with Gasteiger partial charge in [-0.15, -0.1) is 0 Å². The first kappa shape index (κ1) is 13.3. The van der Waals surface area contributed by atoms with Crippen LogP contribution in [0.1, 0.15) is 11.7 Å². The molecule has 0 bridgehead atoms. The van der Waals surface area contributed by atoms with Gasteiger partial charge < -0.3 is 4.74 Å². The van der Waals surface area contributed by atoms with Crippen LogP contribution in [0.25, 0.3) is 0 Å². The van der Waals surface area contributed by atoms with Crippen molar-refractivity contribution in [3.05, 3.63) is 65.2 Å². The zero-order valence-electron chi connectivity index (χ0n) is 10.5. The van der Waals surface area contributed by atoms with Gasteiger partial charge in [-0.2, -0.15) is 0 Å². The van der Waals surface area contributed by atoms with E-state index in [-0.39, 0.29) is 12.2 Å². The first-order valence-corrected chi connectivity index (χ1v) is 7.34. The highest BCUT2D eigenvalue weighted by molar-refractivity contribution is 7.97. The third-order valence-electron chi connectivity index (χ3n) is 2.98. The van der Waals surface area contributed by atoms with E-state index < -0.39 is 0 Å². The van der Waals surface area contributed by atoms with Crippen LogP contribution in [0.5, 0.6) is 0 Å². The summed E-state index contributed by atoms with van der Waals surface area (Å²) in [5.74, 6) is 0. The maximum Gasteiger partial charge on any atom is 0.420 e. The lowest BCUT2D eigenvalue weighted by Crippen LogP contribution is -2.15. The number of rotatable bonds is 3. The number of hydrogen-bond donors (Lipinski definition) is 0. The number of nitrogens with zero attached hydrogens (tertiary/aromatic N) is 1. The Bertz CT molecular complexity index is 603. The van der Waals surface area contributed by atoms with Crippen LogP contribution in [0.3, 0.4) is 0 Å². The zero-order chi connectivity index (χ0) is 13.9. The standard InChI is InChI=1S/C15H12ClNO2S/c16-12-6-8-13(9-7-12)20-17-10-14(19-15(17)18)11-4-2-1-3-5-11/h1-9,14H,10H2. The maximum atomic E-state index is 11.9. The molecular weight excluding hydrogens is 294 g/mol. The minimum Gasteiger partial charge on any atom is -0.439 e. The van der Waals surface area contributed by atoms with Crippen molar-refractivity contribution >= 4 is 29.6 Å². The van der Waals surface area contributed by atoms with Crippen LogP contribution >= 0.6 is 23.5 Å². The molecule has 5 heteroatoms. The quantitative estimate of drug-likeness (QED) is 0.780. The Morgan fingerprint density at radius 1 is 1.10 bits per heavy atom. The van der Waals surface area contributed by atoms with Crippen LogP contribution in [0.2, 0.25) is 5.02 Å². The van der Waals surface area contributed by atoms with Crippen molar-refractivity contribution in [2.75, 3.05) is 6.54 Å². The fraction of sp³-hybridized carbons (Fsp3) is 0.133. The van der Waals surface area contributed by atoms with Crippen LogP contribution in [0, 0.1) is 0 Å². The summed E-state index contributed by atoms with van der Waals surface area (Å²) in [6.45, 7) is 0.538. The van der Waals surface area contributed by atoms with Gasteiger partial charge in [-0.1, -0.05) is 41.9 Å². The van der Waals surface area contributed by atoms with Crippen LogP contribution in [0.15, 0.2) is 59.5 Å². The first-order chi connectivity index (χ1) is 9.72. The summed E-state index contributed by atoms with van der Waals surface area (Å²) in [6, 6.07) is 17.1. The number of halogens is 1. The van der Waals surface area contributed by atoms with Crippen LogP contribution in [-0.4, -0.2) is 16.9 Å². The molecule has 20 heavy (non-hydrogen) atoms. The molecule has 2 aromatic carbocycles. The second-order valence-electron chi connectivity index (χ2n) is 4.39. The fourth-order valence-corrected chi connectivity index (χ4v) is 2.95. The molecule has 102 valence electrons. The van der Waals surface area contributed by atoms with Gasteiger partial charge in [0.25, 0.3) is 0 Å². The molecule has 1 atom stereocenters. The summed E-state index contributed by atoms with van der Waals surface area (Å²) in [7, 11) is 0. The molecule has 0 radical (unpaired) electrons. The zero-order valence-corrected chi connectivity index (χ0v) is 12.1. The highest BCUT2D eigenvalue weighted by Crippen LogP contribution is 2.34. The molecule has 1 aliphatic heterocycles. The summed E-state index contributed by atoms with van der Waals surface area (Å²) < 4.78 is 7.02. The van der Waals surface area contributed by atoms with Crippen LogP contribution < -0.4 is 0 Å². The van der Waals surface area contributed by atoms with Crippen LogP contribution in [0.4, 0.5) is 4.79 Å². The minimum absolute atomic E-state index is 0.205. The Hall–Kier alpha value is -1.65. The van der Waals surface area contributed by atoms with Crippen molar-refractivity contribution in [2.45, 2.75) is 11.0 Å². The normalized spacial score (nSPS) is 18.1. The SMILES string of the molecule is O=C1OC(c2ccccc2)CN1Sc1ccc(Cl)cc1. The lowest BCUT2D eigenvalue weighted by molar-refractivity contribution is 0.138. The Kier molecular flexibility index (Phi) is 3.85. The number of cyclic esters (lactones) is 1. The molecule has 1 fully saturated rings. The van der Waals surface area contributed by atoms with E-state index in [0.29, 0.717) is 11.6 Å². The van der Waals surface area contributed by atoms with Gasteiger partial charge in [0.15, 0.2) is 0 Å². The minimum atomic E-state index is -0.307. The van der Waals surface area contributed by atoms with Gasteiger partial charge in [0.1, 0.15) is 6.10 Å². The molecule has 3 nitrogen and oxygen atoms in total. The highest BCUT2D eigenvalue weighted by atomic mass is 35.5. The molecular formula is C15H12ClNO2S. The molecule has 1 aliphatic rings. The average molecular weight is 306 g/mol. The summed E-state index contributed by atoms with van der Waals surface area (Å²) >= 11 is 7.21. The van der Waals surface area contributed by atoms with Gasteiger partial charge in [0.2, 0.25) is 0 Å². The van der Waals surface area contributed by atoms with Crippen molar-refractivity contribution in [3.63, 3.8) is 0 Å². The van der Waals surface area contributed by atoms with Gasteiger partial charge in [-0.05, 0) is 41.8 Å². The summed E-state index contributed by atoms with van der Waals surface area (Å²) in [5, 5.41) is 0.681. The van der Waals surface area contributed by atoms with Gasteiger partial charge in [-0.25, -0.2) is 9.10 Å². The van der Waals surface area contributed by atoms with E-state index in [2.05, 4.69) is 0 Å². The Morgan fingerprint density at radius 3 is 2.50 bits per heavy atom. The van der Waals surface area contributed by atoms with Gasteiger partial charge >= 0.3 is 6.09 Å². The van der Waals surface area contributed by atoms with Crippen molar-refractivity contribution in [1.82, 2.24) is 4.31 Å². The Morgan fingerprint density at radius 2 is 1.80 bits per heavy atom. The van der Waals surface area contributed by atoms with Gasteiger partial charge in [0.05, 0.1) is 6.54 Å². The van der Waals surface area contributed by atoms with Gasteiger partial charge in [0, 0.05) is 9.92 Å². The Labute approximate surface area is 126 Å². The molecule has 0 saturated carbocycles. The predicted molar refractivity (Wildman–Crippen MR) is 79.7 cm³/mol. The highest BCUT2D eigenvalue weighted by Gasteiger charge is 2.33. The molecule has 0 aromatic heterocycles. The number of hydrogen-bond acceptors (Lipinski definition) is 3. The third-order valence-corrected chi connectivity index (χ3v) is 4.23. The lowest BCUT2D eigenvalue weighted by atomic mass is 10.1. The van der Waals surface area contributed by atoms with E-state index >= 15 is 0 Å². The van der Waals surface area contributed by atoms with Crippen molar-refractivity contribution in [3.8, 4) is 0 Å². The van der Waals surface area contributed by atoms with E-state index in [1.807, 2.05) is 42.5 Å². The summed E-state index contributed by atoms with van der Waals surface area (Å²) in [4.78, 5) is 12.8. The molecule has 0 N–H and O–H groups in total. The number of benzene rings is 2. The van der Waals surface area contributed by atoms with Gasteiger partial charge in [-0.3, -0.25) is 0 Å². The van der Waals surface area contributed by atoms with E-state index in [9.17, 15) is 4.79 Å². The summed E-state index contributed by atoms with van der Waals surface area (Å²) in [6.07, 6.45) is -0.512. The van der Waals surface area contributed by atoms with E-state index in [4.69, 9.17) is 16.3 Å².